The first-order valence-electron chi connectivity index (χ1n) is 19.5. The van der Waals surface area contributed by atoms with Crippen LogP contribution in [0.1, 0.15) is 144 Å². The van der Waals surface area contributed by atoms with Gasteiger partial charge in [0, 0.05) is 17.8 Å². The highest BCUT2D eigenvalue weighted by Crippen LogP contribution is 2.68. The minimum absolute atomic E-state index is 0.0890. The number of hydrogen-bond acceptors (Lipinski definition) is 4. The minimum Gasteiger partial charge on any atom is -0.393 e. The van der Waals surface area contributed by atoms with Gasteiger partial charge in [0.2, 0.25) is 0 Å². The van der Waals surface area contributed by atoms with Crippen molar-refractivity contribution in [1.82, 2.24) is 0 Å². The zero-order valence-corrected chi connectivity index (χ0v) is 29.6. The maximum atomic E-state index is 12.2. The monoisotopic (exact) mass is 630 g/mol. The second-order valence-corrected chi connectivity index (χ2v) is 18.3. The highest BCUT2D eigenvalue weighted by atomic mass is 16.3. The molecule has 6 saturated carbocycles. The molecule has 0 aromatic heterocycles. The van der Waals surface area contributed by atoms with Crippen molar-refractivity contribution in [2.24, 2.45) is 69.0 Å². The molecule has 8 aliphatic carbocycles. The summed E-state index contributed by atoms with van der Waals surface area (Å²) in [5.74, 6) is 4.79. The summed E-state index contributed by atoms with van der Waals surface area (Å²) in [7, 11) is 0. The van der Waals surface area contributed by atoms with Crippen molar-refractivity contribution in [2.45, 2.75) is 150 Å². The van der Waals surface area contributed by atoms with E-state index in [-0.39, 0.29) is 40.7 Å². The van der Waals surface area contributed by atoms with Crippen molar-refractivity contribution in [3.05, 3.63) is 23.3 Å². The largest absolute Gasteiger partial charge is 0.393 e. The summed E-state index contributed by atoms with van der Waals surface area (Å²) < 4.78 is 0. The summed E-state index contributed by atoms with van der Waals surface area (Å²) in [4.78, 5) is 36.2. The molecule has 0 aromatic rings. The molecule has 0 aromatic carbocycles. The van der Waals surface area contributed by atoms with E-state index in [1.54, 1.807) is 13.3 Å². The zero-order chi connectivity index (χ0) is 32.6. The van der Waals surface area contributed by atoms with E-state index in [4.69, 9.17) is 0 Å². The van der Waals surface area contributed by atoms with Gasteiger partial charge in [0.15, 0.2) is 5.78 Å². The summed E-state index contributed by atoms with van der Waals surface area (Å²) in [6.07, 6.45) is 24.9. The second kappa shape index (κ2) is 11.8. The van der Waals surface area contributed by atoms with Crippen LogP contribution in [0.15, 0.2) is 23.3 Å². The summed E-state index contributed by atoms with van der Waals surface area (Å²) in [5, 5.41) is 11.1. The molecule has 0 spiro atoms. The first-order valence-corrected chi connectivity index (χ1v) is 19.5. The Labute approximate surface area is 279 Å². The molecule has 46 heavy (non-hydrogen) atoms. The fraction of sp³-hybridized carbons (Fsp3) is 0.833. The second-order valence-electron chi connectivity index (χ2n) is 18.3. The van der Waals surface area contributed by atoms with Gasteiger partial charge in [0.1, 0.15) is 12.1 Å². The molecular weight excluding hydrogens is 568 g/mol. The normalized spacial score (nSPS) is 50.6. The van der Waals surface area contributed by atoms with Crippen LogP contribution in [0.5, 0.6) is 0 Å². The highest BCUT2D eigenvalue weighted by molar-refractivity contribution is 5.91. The van der Waals surface area contributed by atoms with Crippen LogP contribution in [0.3, 0.4) is 0 Å². The molecule has 0 bridgehead atoms. The molecule has 8 aliphatic rings. The molecule has 4 nitrogen and oxygen atoms in total. The van der Waals surface area contributed by atoms with Gasteiger partial charge in [-0.2, -0.15) is 0 Å². The lowest BCUT2D eigenvalue weighted by molar-refractivity contribution is -0.155. The van der Waals surface area contributed by atoms with Crippen molar-refractivity contribution in [3.63, 3.8) is 0 Å². The first-order chi connectivity index (χ1) is 21.9. The molecule has 1 N–H and O–H groups in total. The number of Topliss-reactive ketones (excluding diaryl/α,β-unsaturated/α-hetero) is 1. The van der Waals surface area contributed by atoms with Crippen LogP contribution in [-0.2, 0) is 14.4 Å². The van der Waals surface area contributed by atoms with Gasteiger partial charge in [-0.3, -0.25) is 9.59 Å². The van der Waals surface area contributed by atoms with E-state index in [1.165, 1.54) is 63.4 Å². The lowest BCUT2D eigenvalue weighted by Crippen LogP contribution is -2.58. The Kier molecular flexibility index (Phi) is 8.46. The first kappa shape index (κ1) is 33.0. The molecule has 0 radical (unpaired) electrons. The topological polar surface area (TPSA) is 71.4 Å². The van der Waals surface area contributed by atoms with Crippen molar-refractivity contribution >= 4 is 17.9 Å². The van der Waals surface area contributed by atoms with Crippen molar-refractivity contribution in [1.29, 1.82) is 0 Å². The molecule has 6 fully saturated rings. The van der Waals surface area contributed by atoms with E-state index in [0.29, 0.717) is 23.7 Å². The van der Waals surface area contributed by atoms with Gasteiger partial charge in [0.25, 0.3) is 0 Å². The van der Waals surface area contributed by atoms with Gasteiger partial charge < -0.3 is 9.90 Å². The lowest BCUT2D eigenvalue weighted by atomic mass is 9.45. The number of carbonyl (C=O) groups is 3. The third kappa shape index (κ3) is 4.71. The standard InChI is InChI=1S/C21H28O4.C21H34/c1-12(23)16-5-6-17-15-4-3-13-9-14(24)7-8-20(13,2)19(15)18(25)10-21(16,17)11-22;1-4-15-9-11-18-17-10-8-16-7-5-6-13-20(16,2)19(17)12-14-21(15,18)3/h9,11,15-19,25H,3-8,10H2,1-2H3;7,15,17-19H,4-6,8-14H2,1-3H3/t15-,16+,17-,18-,19+,20-,21-;15-,17-,18-,19-,20-,21+/m00/s1. The van der Waals surface area contributed by atoms with Crippen LogP contribution in [0.25, 0.3) is 0 Å². The lowest BCUT2D eigenvalue weighted by Gasteiger charge is -2.59. The van der Waals surface area contributed by atoms with Crippen LogP contribution in [0.2, 0.25) is 0 Å². The van der Waals surface area contributed by atoms with E-state index >= 15 is 0 Å². The molecule has 8 rings (SSSR count). The summed E-state index contributed by atoms with van der Waals surface area (Å²) in [5.41, 5.74) is 3.54. The molecule has 0 unspecified atom stereocenters. The smallest absolute Gasteiger partial charge is 0.155 e. The number of aldehydes is 1. The maximum absolute atomic E-state index is 12.2. The molecule has 0 saturated heterocycles. The van der Waals surface area contributed by atoms with Gasteiger partial charge in [0.05, 0.1) is 6.10 Å². The fourth-order valence-corrected chi connectivity index (χ4v) is 14.7. The average Bonchev–Trinajstić information content (AvgIpc) is 3.59. The van der Waals surface area contributed by atoms with Crippen molar-refractivity contribution in [2.75, 3.05) is 0 Å². The number of rotatable bonds is 3. The summed E-state index contributed by atoms with van der Waals surface area (Å²) in [6, 6.07) is 0. The molecule has 4 heteroatoms. The van der Waals surface area contributed by atoms with Crippen LogP contribution in [0.4, 0.5) is 0 Å². The number of ketones is 2. The molecular formula is C42H62O4. The van der Waals surface area contributed by atoms with Gasteiger partial charge in [-0.15, -0.1) is 0 Å². The Morgan fingerprint density at radius 3 is 2.35 bits per heavy atom. The van der Waals surface area contributed by atoms with Gasteiger partial charge in [-0.1, -0.05) is 51.3 Å². The Balaban J connectivity index is 0.000000149. The van der Waals surface area contributed by atoms with E-state index in [2.05, 4.69) is 33.8 Å². The SMILES string of the molecule is CC(=O)[C@H]1CC[C@H]2[C@@H]3CCC4=CC(=O)CC[C@]4(C)[C@H]3[C@@H](O)C[C@]12C=O.CC[C@H]1CC[C@H]2[C@@H]3CCC4=CCCC[C@]4(C)[C@H]3CC[C@]12C. The highest BCUT2D eigenvalue weighted by Gasteiger charge is 2.64. The Morgan fingerprint density at radius 1 is 0.870 bits per heavy atom. The predicted molar refractivity (Wildman–Crippen MR) is 183 cm³/mol. The van der Waals surface area contributed by atoms with Crippen LogP contribution in [-0.4, -0.2) is 29.1 Å². The zero-order valence-electron chi connectivity index (χ0n) is 29.6. The van der Waals surface area contributed by atoms with Crippen molar-refractivity contribution in [3.8, 4) is 0 Å². The third-order valence-corrected chi connectivity index (χ3v) is 16.9. The van der Waals surface area contributed by atoms with Crippen molar-refractivity contribution < 1.29 is 19.5 Å². The van der Waals surface area contributed by atoms with Crippen LogP contribution < -0.4 is 0 Å². The number of aliphatic hydroxyl groups excluding tert-OH is 1. The Bertz CT molecular complexity index is 1310. The summed E-state index contributed by atoms with van der Waals surface area (Å²) in [6.45, 7) is 11.5. The van der Waals surface area contributed by atoms with Gasteiger partial charge in [-0.25, -0.2) is 0 Å². The van der Waals surface area contributed by atoms with Gasteiger partial charge >= 0.3 is 0 Å². The molecule has 0 amide bonds. The average molecular weight is 631 g/mol. The van der Waals surface area contributed by atoms with Gasteiger partial charge in [-0.05, 0) is 167 Å². The Morgan fingerprint density at radius 2 is 1.61 bits per heavy atom. The third-order valence-electron chi connectivity index (χ3n) is 16.9. The van der Waals surface area contributed by atoms with Crippen LogP contribution >= 0.6 is 0 Å². The molecule has 13 atom stereocenters. The number of fused-ring (bicyclic) bond motifs is 10. The van der Waals surface area contributed by atoms with Crippen LogP contribution in [0, 0.1) is 69.0 Å². The van der Waals surface area contributed by atoms with E-state index in [0.717, 1.165) is 62.1 Å². The fourth-order valence-electron chi connectivity index (χ4n) is 14.7. The van der Waals surface area contributed by atoms with E-state index in [1.807, 2.05) is 11.6 Å². The summed E-state index contributed by atoms with van der Waals surface area (Å²) >= 11 is 0. The molecule has 0 aliphatic heterocycles. The number of hydrogen-bond donors (Lipinski definition) is 1. The predicted octanol–water partition coefficient (Wildman–Crippen LogP) is 9.24. The number of aliphatic hydroxyl groups is 1. The minimum atomic E-state index is -0.672. The quantitative estimate of drug-likeness (QED) is 0.249. The number of carbonyl (C=O) groups excluding carboxylic acids is 3. The molecule has 254 valence electrons. The molecule has 0 heterocycles. The number of allylic oxidation sites excluding steroid dienone is 3. The van der Waals surface area contributed by atoms with E-state index in [9.17, 15) is 19.5 Å². The van der Waals surface area contributed by atoms with E-state index < -0.39 is 11.5 Å². The Hall–Kier alpha value is -1.55. The maximum Gasteiger partial charge on any atom is 0.155 e.